The zero-order chi connectivity index (χ0) is 9.14. The Balaban J connectivity index is 0.00000144. The summed E-state index contributed by atoms with van der Waals surface area (Å²) in [7, 11) is 0. The van der Waals surface area contributed by atoms with Gasteiger partial charge < -0.3 is 0 Å². The Bertz CT molecular complexity index is 276. The van der Waals surface area contributed by atoms with Crippen molar-refractivity contribution in [2.75, 3.05) is 0 Å². The Morgan fingerprint density at radius 1 is 0.846 bits per heavy atom. The van der Waals surface area contributed by atoms with Gasteiger partial charge in [-0.15, -0.1) is 0 Å². The summed E-state index contributed by atoms with van der Waals surface area (Å²) in [6.45, 7) is 3.01. The molecule has 2 heteroatoms. The van der Waals surface area contributed by atoms with Crippen LogP contribution in [0.1, 0.15) is 42.0 Å². The van der Waals surface area contributed by atoms with Gasteiger partial charge in [0.2, 0.25) is 0 Å². The molecule has 0 bridgehead atoms. The second-order valence-electron chi connectivity index (χ2n) is 2.69. The third-order valence-corrected chi connectivity index (χ3v) is 1.70. The van der Waals surface area contributed by atoms with Crippen LogP contribution in [0.15, 0.2) is 24.3 Å². The minimum atomic E-state index is 0. The van der Waals surface area contributed by atoms with Gasteiger partial charge in [-0.25, -0.2) is 0 Å². The molecule has 0 heterocycles. The molecular formula is C11H14O2. The maximum absolute atomic E-state index is 10.8. The van der Waals surface area contributed by atoms with E-state index in [0.717, 1.165) is 0 Å². The number of hydrogen-bond acceptors (Lipinski definition) is 2. The fourth-order valence-corrected chi connectivity index (χ4v) is 0.940. The molecule has 0 amide bonds. The third kappa shape index (κ3) is 2.82. The van der Waals surface area contributed by atoms with Crippen molar-refractivity contribution in [3.05, 3.63) is 35.4 Å². The van der Waals surface area contributed by atoms with Crippen molar-refractivity contribution in [1.29, 1.82) is 0 Å². The normalized spacial score (nSPS) is 8.77. The lowest BCUT2D eigenvalue weighted by atomic mass is 10.1. The van der Waals surface area contributed by atoms with E-state index in [0.29, 0.717) is 11.1 Å². The fourth-order valence-electron chi connectivity index (χ4n) is 0.940. The van der Waals surface area contributed by atoms with Crippen LogP contribution in [0.4, 0.5) is 0 Å². The maximum atomic E-state index is 10.8. The minimum absolute atomic E-state index is 0. The highest BCUT2D eigenvalue weighted by Gasteiger charge is 2.00. The van der Waals surface area contributed by atoms with E-state index in [2.05, 4.69) is 0 Å². The summed E-state index contributed by atoms with van der Waals surface area (Å²) in [6.07, 6.45) is 0. The van der Waals surface area contributed by atoms with Crippen molar-refractivity contribution in [2.45, 2.75) is 21.3 Å². The van der Waals surface area contributed by atoms with Crippen molar-refractivity contribution < 1.29 is 9.59 Å². The molecule has 0 radical (unpaired) electrons. The molecule has 1 rings (SSSR count). The summed E-state index contributed by atoms with van der Waals surface area (Å²) < 4.78 is 0. The Labute approximate surface area is 78.6 Å². The molecule has 0 aromatic heterocycles. The van der Waals surface area contributed by atoms with E-state index >= 15 is 0 Å². The van der Waals surface area contributed by atoms with Crippen LogP contribution in [0, 0.1) is 0 Å². The second-order valence-corrected chi connectivity index (χ2v) is 2.69. The standard InChI is InChI=1S/C10H10O2.CH4/c1-7(11)9-3-5-10(6-4-9)8(2)12;/h3-6H,1-2H3;1H4. The first kappa shape index (κ1) is 11.6. The van der Waals surface area contributed by atoms with E-state index in [9.17, 15) is 9.59 Å². The fraction of sp³-hybridized carbons (Fsp3) is 0.273. The van der Waals surface area contributed by atoms with Gasteiger partial charge in [0, 0.05) is 11.1 Å². The predicted molar refractivity (Wildman–Crippen MR) is 53.2 cm³/mol. The Morgan fingerprint density at radius 3 is 1.23 bits per heavy atom. The third-order valence-electron chi connectivity index (χ3n) is 1.70. The van der Waals surface area contributed by atoms with E-state index in [4.69, 9.17) is 0 Å². The molecule has 0 aliphatic carbocycles. The van der Waals surface area contributed by atoms with Crippen molar-refractivity contribution in [1.82, 2.24) is 0 Å². The monoisotopic (exact) mass is 178 g/mol. The number of carbonyl (C=O) groups is 2. The number of carbonyl (C=O) groups excluding carboxylic acids is 2. The van der Waals surface area contributed by atoms with E-state index in [-0.39, 0.29) is 19.0 Å². The van der Waals surface area contributed by atoms with Gasteiger partial charge in [-0.2, -0.15) is 0 Å². The summed E-state index contributed by atoms with van der Waals surface area (Å²) in [5, 5.41) is 0. The molecule has 0 N–H and O–H groups in total. The zero-order valence-electron chi connectivity index (χ0n) is 7.13. The van der Waals surface area contributed by atoms with Crippen molar-refractivity contribution in [2.24, 2.45) is 0 Å². The molecule has 0 saturated carbocycles. The van der Waals surface area contributed by atoms with Crippen LogP contribution in [-0.2, 0) is 0 Å². The number of benzene rings is 1. The van der Waals surface area contributed by atoms with Crippen molar-refractivity contribution in [3.63, 3.8) is 0 Å². The van der Waals surface area contributed by atoms with Crippen LogP contribution in [-0.4, -0.2) is 11.6 Å². The zero-order valence-corrected chi connectivity index (χ0v) is 7.13. The second kappa shape index (κ2) is 4.55. The summed E-state index contributed by atoms with van der Waals surface area (Å²) in [6, 6.07) is 6.66. The van der Waals surface area contributed by atoms with Crippen LogP contribution >= 0.6 is 0 Å². The van der Waals surface area contributed by atoms with E-state index in [1.807, 2.05) is 0 Å². The van der Waals surface area contributed by atoms with Crippen molar-refractivity contribution >= 4 is 11.6 Å². The summed E-state index contributed by atoms with van der Waals surface area (Å²) in [5.41, 5.74) is 1.28. The molecule has 1 aromatic rings. The van der Waals surface area contributed by atoms with Crippen LogP contribution in [0.3, 0.4) is 0 Å². The van der Waals surface area contributed by atoms with Crippen LogP contribution < -0.4 is 0 Å². The molecule has 1 aromatic carbocycles. The molecule has 0 saturated heterocycles. The van der Waals surface area contributed by atoms with Gasteiger partial charge in [0.25, 0.3) is 0 Å². The predicted octanol–water partition coefficient (Wildman–Crippen LogP) is 2.73. The van der Waals surface area contributed by atoms with Gasteiger partial charge in [0.05, 0.1) is 0 Å². The van der Waals surface area contributed by atoms with Crippen molar-refractivity contribution in [3.8, 4) is 0 Å². The number of hydrogen-bond donors (Lipinski definition) is 0. The average Bonchev–Trinajstić information content (AvgIpc) is 2.04. The molecule has 2 nitrogen and oxygen atoms in total. The summed E-state index contributed by atoms with van der Waals surface area (Å²) in [4.78, 5) is 21.7. The highest BCUT2D eigenvalue weighted by atomic mass is 16.1. The smallest absolute Gasteiger partial charge is 0.159 e. The molecular weight excluding hydrogens is 164 g/mol. The van der Waals surface area contributed by atoms with Gasteiger partial charge in [0.1, 0.15) is 0 Å². The number of ketones is 2. The van der Waals surface area contributed by atoms with Crippen LogP contribution in [0.25, 0.3) is 0 Å². The molecule has 0 fully saturated rings. The quantitative estimate of drug-likeness (QED) is 0.652. The molecule has 0 unspecified atom stereocenters. The van der Waals surface area contributed by atoms with Gasteiger partial charge >= 0.3 is 0 Å². The van der Waals surface area contributed by atoms with E-state index < -0.39 is 0 Å². The Hall–Kier alpha value is -1.44. The SMILES string of the molecule is C.CC(=O)c1ccc(C(C)=O)cc1. The molecule has 13 heavy (non-hydrogen) atoms. The Morgan fingerprint density at radius 2 is 1.08 bits per heavy atom. The molecule has 70 valence electrons. The van der Waals surface area contributed by atoms with Crippen LogP contribution in [0.5, 0.6) is 0 Å². The van der Waals surface area contributed by atoms with Gasteiger partial charge in [-0.3, -0.25) is 9.59 Å². The van der Waals surface area contributed by atoms with E-state index in [1.165, 1.54) is 13.8 Å². The lowest BCUT2D eigenvalue weighted by Crippen LogP contribution is -1.95. The Kier molecular flexibility index (Phi) is 4.05. The first-order valence-electron chi connectivity index (χ1n) is 3.73. The maximum Gasteiger partial charge on any atom is 0.159 e. The average molecular weight is 178 g/mol. The molecule has 0 aliphatic rings. The lowest BCUT2D eigenvalue weighted by molar-refractivity contribution is 0.100. The van der Waals surface area contributed by atoms with E-state index in [1.54, 1.807) is 24.3 Å². The molecule has 0 aliphatic heterocycles. The van der Waals surface area contributed by atoms with Crippen LogP contribution in [0.2, 0.25) is 0 Å². The topological polar surface area (TPSA) is 34.1 Å². The van der Waals surface area contributed by atoms with Gasteiger partial charge in [0.15, 0.2) is 11.6 Å². The summed E-state index contributed by atoms with van der Waals surface area (Å²) >= 11 is 0. The number of rotatable bonds is 2. The highest BCUT2D eigenvalue weighted by Crippen LogP contribution is 2.05. The minimum Gasteiger partial charge on any atom is -0.295 e. The number of Topliss-reactive ketones (excluding diaryl/α,β-unsaturated/α-hetero) is 2. The molecule has 0 atom stereocenters. The largest absolute Gasteiger partial charge is 0.295 e. The summed E-state index contributed by atoms with van der Waals surface area (Å²) in [5.74, 6) is 0.0372. The highest BCUT2D eigenvalue weighted by molar-refractivity contribution is 5.97. The molecule has 0 spiro atoms. The first-order valence-corrected chi connectivity index (χ1v) is 3.73. The van der Waals surface area contributed by atoms with Gasteiger partial charge in [-0.05, 0) is 13.8 Å². The first-order chi connectivity index (χ1) is 5.61. The van der Waals surface area contributed by atoms with Gasteiger partial charge in [-0.1, -0.05) is 31.7 Å². The lowest BCUT2D eigenvalue weighted by Gasteiger charge is -1.96.